The molecule has 0 aromatic heterocycles. The van der Waals surface area contributed by atoms with Gasteiger partial charge in [0.2, 0.25) is 0 Å². The third-order valence-electron chi connectivity index (χ3n) is 3.53. The molecule has 0 amide bonds. The highest BCUT2D eigenvalue weighted by Gasteiger charge is 2.11. The lowest BCUT2D eigenvalue weighted by atomic mass is 10.1. The van der Waals surface area contributed by atoms with E-state index in [2.05, 4.69) is 6.08 Å². The van der Waals surface area contributed by atoms with Gasteiger partial charge in [-0.3, -0.25) is 0 Å². The summed E-state index contributed by atoms with van der Waals surface area (Å²) in [5, 5.41) is 0. The molecule has 3 rings (SSSR count). The Hall–Kier alpha value is -2.68. The summed E-state index contributed by atoms with van der Waals surface area (Å²) in [6.45, 7) is 0. The Morgan fingerprint density at radius 2 is 1.82 bits per heavy atom. The maximum absolute atomic E-state index is 5.93. The number of rotatable bonds is 4. The molecule has 2 aromatic carbocycles. The van der Waals surface area contributed by atoms with Crippen molar-refractivity contribution in [1.82, 2.24) is 0 Å². The zero-order valence-corrected chi connectivity index (χ0v) is 12.7. The molecule has 2 aromatic rings. The van der Waals surface area contributed by atoms with E-state index in [4.69, 9.17) is 14.2 Å². The molecule has 1 heterocycles. The topological polar surface area (TPSA) is 27.7 Å². The largest absolute Gasteiger partial charge is 0.493 e. The Labute approximate surface area is 130 Å². The van der Waals surface area contributed by atoms with Crippen molar-refractivity contribution in [3.05, 3.63) is 65.7 Å². The fraction of sp³-hybridized carbons (Fsp3) is 0.158. The summed E-state index contributed by atoms with van der Waals surface area (Å²) in [4.78, 5) is 0. The Bertz CT molecular complexity index is 716. The maximum atomic E-state index is 5.93. The predicted molar refractivity (Wildman–Crippen MR) is 88.5 cm³/mol. The minimum absolute atomic E-state index is 0.0667. The van der Waals surface area contributed by atoms with Crippen molar-refractivity contribution in [2.45, 2.75) is 6.10 Å². The van der Waals surface area contributed by atoms with Crippen molar-refractivity contribution >= 4 is 12.2 Å². The van der Waals surface area contributed by atoms with Gasteiger partial charge in [0, 0.05) is 5.56 Å². The monoisotopic (exact) mass is 294 g/mol. The Kier molecular flexibility index (Phi) is 4.15. The first-order valence-electron chi connectivity index (χ1n) is 7.14. The van der Waals surface area contributed by atoms with E-state index in [-0.39, 0.29) is 6.10 Å². The molecule has 0 fully saturated rings. The van der Waals surface area contributed by atoms with E-state index in [1.165, 1.54) is 0 Å². The molecule has 1 aliphatic rings. The number of hydrogen-bond donors (Lipinski definition) is 0. The van der Waals surface area contributed by atoms with Crippen LogP contribution in [0.1, 0.15) is 11.1 Å². The van der Waals surface area contributed by atoms with E-state index in [1.807, 2.05) is 60.7 Å². The number of para-hydroxylation sites is 1. The molecular weight excluding hydrogens is 276 g/mol. The maximum Gasteiger partial charge on any atom is 0.161 e. The molecule has 3 nitrogen and oxygen atoms in total. The molecule has 3 heteroatoms. The van der Waals surface area contributed by atoms with Crippen LogP contribution in [0.5, 0.6) is 17.2 Å². The minimum atomic E-state index is -0.0667. The third-order valence-corrected chi connectivity index (χ3v) is 3.53. The molecule has 0 bridgehead atoms. The van der Waals surface area contributed by atoms with Crippen LogP contribution in [-0.4, -0.2) is 20.3 Å². The second kappa shape index (κ2) is 6.39. The SMILES string of the molecule is COc1ccc(/C=C/[C@H]2C=Cc3ccccc3O2)cc1OC. The summed E-state index contributed by atoms with van der Waals surface area (Å²) < 4.78 is 16.5. The van der Waals surface area contributed by atoms with Crippen LogP contribution in [0.4, 0.5) is 0 Å². The van der Waals surface area contributed by atoms with Crippen LogP contribution in [-0.2, 0) is 0 Å². The highest BCUT2D eigenvalue weighted by molar-refractivity contribution is 5.62. The zero-order valence-electron chi connectivity index (χ0n) is 12.7. The highest BCUT2D eigenvalue weighted by Crippen LogP contribution is 2.29. The van der Waals surface area contributed by atoms with Crippen LogP contribution < -0.4 is 14.2 Å². The number of methoxy groups -OCH3 is 2. The first kappa shape index (κ1) is 14.3. The molecular formula is C19H18O3. The van der Waals surface area contributed by atoms with E-state index < -0.39 is 0 Å². The number of ether oxygens (including phenoxy) is 3. The quantitative estimate of drug-likeness (QED) is 0.846. The van der Waals surface area contributed by atoms with Gasteiger partial charge in [-0.1, -0.05) is 36.4 Å². The van der Waals surface area contributed by atoms with E-state index in [1.54, 1.807) is 14.2 Å². The lowest BCUT2D eigenvalue weighted by Gasteiger charge is -2.18. The molecule has 0 saturated heterocycles. The number of fused-ring (bicyclic) bond motifs is 1. The van der Waals surface area contributed by atoms with E-state index >= 15 is 0 Å². The first-order chi connectivity index (χ1) is 10.8. The first-order valence-corrected chi connectivity index (χ1v) is 7.14. The van der Waals surface area contributed by atoms with Crippen LogP contribution in [0.2, 0.25) is 0 Å². The summed E-state index contributed by atoms with van der Waals surface area (Å²) in [6, 6.07) is 13.8. The fourth-order valence-corrected chi connectivity index (χ4v) is 2.38. The summed E-state index contributed by atoms with van der Waals surface area (Å²) in [6.07, 6.45) is 8.10. The van der Waals surface area contributed by atoms with Gasteiger partial charge in [-0.2, -0.15) is 0 Å². The molecule has 1 atom stereocenters. The molecule has 112 valence electrons. The summed E-state index contributed by atoms with van der Waals surface area (Å²) in [7, 11) is 3.26. The van der Waals surface area contributed by atoms with Gasteiger partial charge in [-0.05, 0) is 35.9 Å². The standard InChI is InChI=1S/C19H18O3/c1-20-18-12-8-14(13-19(18)21-2)7-10-16-11-9-15-5-3-4-6-17(15)22-16/h3-13,16H,1-2H3/b10-7+/t16-/m0/s1. The number of benzene rings is 2. The molecule has 22 heavy (non-hydrogen) atoms. The van der Waals surface area contributed by atoms with Crippen molar-refractivity contribution in [3.8, 4) is 17.2 Å². The predicted octanol–water partition coefficient (Wildman–Crippen LogP) is 4.19. The highest BCUT2D eigenvalue weighted by atomic mass is 16.5. The van der Waals surface area contributed by atoms with Gasteiger partial charge in [0.15, 0.2) is 11.5 Å². The van der Waals surface area contributed by atoms with Gasteiger partial charge in [-0.25, -0.2) is 0 Å². The van der Waals surface area contributed by atoms with Crippen molar-refractivity contribution in [2.75, 3.05) is 14.2 Å². The van der Waals surface area contributed by atoms with Gasteiger partial charge in [0.05, 0.1) is 14.2 Å². The molecule has 0 aliphatic carbocycles. The van der Waals surface area contributed by atoms with Gasteiger partial charge >= 0.3 is 0 Å². The summed E-state index contributed by atoms with van der Waals surface area (Å²) in [5.41, 5.74) is 2.15. The second-order valence-corrected chi connectivity index (χ2v) is 4.95. The molecule has 0 radical (unpaired) electrons. The van der Waals surface area contributed by atoms with Crippen molar-refractivity contribution < 1.29 is 14.2 Å². The molecule has 0 N–H and O–H groups in total. The van der Waals surface area contributed by atoms with Crippen molar-refractivity contribution in [1.29, 1.82) is 0 Å². The lowest BCUT2D eigenvalue weighted by Crippen LogP contribution is -2.13. The van der Waals surface area contributed by atoms with Gasteiger partial charge in [0.25, 0.3) is 0 Å². The Morgan fingerprint density at radius 1 is 1.00 bits per heavy atom. The van der Waals surface area contributed by atoms with Gasteiger partial charge in [0.1, 0.15) is 11.9 Å². The fourth-order valence-electron chi connectivity index (χ4n) is 2.38. The molecule has 0 unspecified atom stereocenters. The second-order valence-electron chi connectivity index (χ2n) is 4.95. The van der Waals surface area contributed by atoms with Crippen molar-refractivity contribution in [2.24, 2.45) is 0 Å². The lowest BCUT2D eigenvalue weighted by molar-refractivity contribution is 0.293. The smallest absolute Gasteiger partial charge is 0.161 e. The summed E-state index contributed by atoms with van der Waals surface area (Å²) >= 11 is 0. The van der Waals surface area contributed by atoms with Gasteiger partial charge < -0.3 is 14.2 Å². The van der Waals surface area contributed by atoms with Crippen LogP contribution in [0.15, 0.2) is 54.6 Å². The van der Waals surface area contributed by atoms with E-state index in [0.717, 1.165) is 28.4 Å². The Morgan fingerprint density at radius 3 is 2.64 bits per heavy atom. The molecule has 1 aliphatic heterocycles. The van der Waals surface area contributed by atoms with Crippen LogP contribution >= 0.6 is 0 Å². The average Bonchev–Trinajstić information content (AvgIpc) is 2.59. The Balaban J connectivity index is 1.76. The van der Waals surface area contributed by atoms with E-state index in [0.29, 0.717) is 0 Å². The van der Waals surface area contributed by atoms with Crippen LogP contribution in [0, 0.1) is 0 Å². The van der Waals surface area contributed by atoms with Crippen molar-refractivity contribution in [3.63, 3.8) is 0 Å². The number of hydrogen-bond acceptors (Lipinski definition) is 3. The van der Waals surface area contributed by atoms with Gasteiger partial charge in [-0.15, -0.1) is 0 Å². The zero-order chi connectivity index (χ0) is 15.4. The van der Waals surface area contributed by atoms with E-state index in [9.17, 15) is 0 Å². The third kappa shape index (κ3) is 2.98. The van der Waals surface area contributed by atoms with Crippen LogP contribution in [0.25, 0.3) is 12.2 Å². The minimum Gasteiger partial charge on any atom is -0.493 e. The van der Waals surface area contributed by atoms with Crippen LogP contribution in [0.3, 0.4) is 0 Å². The normalized spacial score (nSPS) is 16.2. The molecule has 0 spiro atoms. The average molecular weight is 294 g/mol. The summed E-state index contributed by atoms with van der Waals surface area (Å²) in [5.74, 6) is 2.35. The molecule has 0 saturated carbocycles.